The van der Waals surface area contributed by atoms with Crippen molar-refractivity contribution in [3.8, 4) is 0 Å². The second-order valence-electron chi connectivity index (χ2n) is 7.96. The van der Waals surface area contributed by atoms with E-state index in [1.165, 1.54) is 25.1 Å². The predicted octanol–water partition coefficient (Wildman–Crippen LogP) is 1.71. The summed E-state index contributed by atoms with van der Waals surface area (Å²) in [5.41, 5.74) is -0.287. The Labute approximate surface area is 184 Å². The van der Waals surface area contributed by atoms with Gasteiger partial charge in [0.25, 0.3) is 11.6 Å². The molecule has 2 aromatic carbocycles. The van der Waals surface area contributed by atoms with Gasteiger partial charge < -0.3 is 15.1 Å². The number of nitrogens with one attached hydrogen (secondary N) is 1. The number of nitro groups is 1. The van der Waals surface area contributed by atoms with Crippen molar-refractivity contribution in [1.82, 2.24) is 15.1 Å². The van der Waals surface area contributed by atoms with Crippen LogP contribution in [-0.4, -0.2) is 65.3 Å². The van der Waals surface area contributed by atoms with Crippen molar-refractivity contribution in [3.63, 3.8) is 0 Å². The lowest BCUT2D eigenvalue weighted by Gasteiger charge is -2.36. The minimum absolute atomic E-state index is 0.184. The molecule has 166 valence electrons. The monoisotopic (exact) mass is 437 g/mol. The number of non-ortho nitro benzene ring substituents is 1. The minimum Gasteiger partial charge on any atom is -0.368 e. The number of nitrogens with zero attached hydrogens (tertiary/aromatic N) is 4. The number of rotatable bonds is 5. The van der Waals surface area contributed by atoms with E-state index in [2.05, 4.69) is 10.2 Å². The molecular formula is C22H23N5O5. The van der Waals surface area contributed by atoms with Gasteiger partial charge in [-0.1, -0.05) is 30.3 Å². The summed E-state index contributed by atoms with van der Waals surface area (Å²) in [6.07, 6.45) is 0. The fraction of sp³-hybridized carbons (Fsp3) is 0.318. The summed E-state index contributed by atoms with van der Waals surface area (Å²) in [7, 11) is 0. The molecule has 1 unspecified atom stereocenters. The fourth-order valence-electron chi connectivity index (χ4n) is 4.05. The molecular weight excluding hydrogens is 414 g/mol. The Hall–Kier alpha value is -3.95. The van der Waals surface area contributed by atoms with Gasteiger partial charge >= 0.3 is 6.03 Å². The molecule has 0 saturated carbocycles. The first-order chi connectivity index (χ1) is 15.3. The van der Waals surface area contributed by atoms with Crippen LogP contribution in [0.15, 0.2) is 54.6 Å². The molecule has 2 saturated heterocycles. The summed E-state index contributed by atoms with van der Waals surface area (Å²) in [6.45, 7) is 3.39. The highest BCUT2D eigenvalue weighted by molar-refractivity contribution is 6.09. The van der Waals surface area contributed by atoms with Crippen molar-refractivity contribution in [3.05, 3.63) is 70.3 Å². The Balaban J connectivity index is 1.42. The SMILES string of the molecule is CC1(c2cccc([N+](=O)[O-])c2)NC(=O)N(CC(=O)N2CCN(c3ccccc3)CC2)C1=O. The first-order valence-electron chi connectivity index (χ1n) is 10.3. The number of amides is 4. The van der Waals surface area contributed by atoms with E-state index in [-0.39, 0.29) is 23.7 Å². The van der Waals surface area contributed by atoms with Crippen molar-refractivity contribution in [2.24, 2.45) is 0 Å². The summed E-state index contributed by atoms with van der Waals surface area (Å²) in [5.74, 6) is -0.927. The maximum Gasteiger partial charge on any atom is 0.325 e. The van der Waals surface area contributed by atoms with E-state index < -0.39 is 22.4 Å². The largest absolute Gasteiger partial charge is 0.368 e. The molecule has 32 heavy (non-hydrogen) atoms. The smallest absolute Gasteiger partial charge is 0.325 e. The molecule has 2 aliphatic rings. The molecule has 0 bridgehead atoms. The number of piperazine rings is 1. The zero-order valence-corrected chi connectivity index (χ0v) is 17.6. The molecule has 0 radical (unpaired) electrons. The number of nitro benzene ring substituents is 1. The third kappa shape index (κ3) is 3.86. The Morgan fingerprint density at radius 3 is 2.41 bits per heavy atom. The van der Waals surface area contributed by atoms with Gasteiger partial charge in [0.2, 0.25) is 5.91 Å². The van der Waals surface area contributed by atoms with Crippen LogP contribution in [0.3, 0.4) is 0 Å². The zero-order chi connectivity index (χ0) is 22.9. The molecule has 10 nitrogen and oxygen atoms in total. The summed E-state index contributed by atoms with van der Waals surface area (Å²) in [6, 6.07) is 14.8. The summed E-state index contributed by atoms with van der Waals surface area (Å²) < 4.78 is 0. The third-order valence-electron chi connectivity index (χ3n) is 5.96. The Morgan fingerprint density at radius 1 is 1.06 bits per heavy atom. The lowest BCUT2D eigenvalue weighted by atomic mass is 9.91. The lowest BCUT2D eigenvalue weighted by Crippen LogP contribution is -2.52. The molecule has 0 aromatic heterocycles. The number of carbonyl (C=O) groups is 3. The van der Waals surface area contributed by atoms with Crippen LogP contribution < -0.4 is 10.2 Å². The molecule has 1 atom stereocenters. The maximum absolute atomic E-state index is 13.1. The highest BCUT2D eigenvalue weighted by Gasteiger charge is 2.50. The average Bonchev–Trinajstić information content (AvgIpc) is 3.03. The number of urea groups is 1. The van der Waals surface area contributed by atoms with Crippen LogP contribution in [0.1, 0.15) is 12.5 Å². The Bertz CT molecular complexity index is 1070. The van der Waals surface area contributed by atoms with Crippen LogP contribution in [0.5, 0.6) is 0 Å². The van der Waals surface area contributed by atoms with Crippen LogP contribution in [-0.2, 0) is 15.1 Å². The molecule has 1 N–H and O–H groups in total. The molecule has 2 aliphatic heterocycles. The van der Waals surface area contributed by atoms with Gasteiger partial charge in [-0.05, 0) is 24.6 Å². The molecule has 2 aromatic rings. The van der Waals surface area contributed by atoms with Gasteiger partial charge in [0.05, 0.1) is 4.92 Å². The van der Waals surface area contributed by atoms with Gasteiger partial charge in [-0.3, -0.25) is 24.6 Å². The normalized spacial score (nSPS) is 21.0. The maximum atomic E-state index is 13.1. The Morgan fingerprint density at radius 2 is 1.75 bits per heavy atom. The van der Waals surface area contributed by atoms with E-state index in [0.717, 1.165) is 10.6 Å². The number of anilines is 1. The summed E-state index contributed by atoms with van der Waals surface area (Å²) >= 11 is 0. The van der Waals surface area contributed by atoms with Crippen LogP contribution in [0.2, 0.25) is 0 Å². The standard InChI is InChI=1S/C22H23N5O5/c1-22(16-6-5-9-18(14-16)27(31)32)20(29)26(21(30)23-22)15-19(28)25-12-10-24(11-13-25)17-7-3-2-4-8-17/h2-9,14H,10-13,15H2,1H3,(H,23,30). The molecule has 2 heterocycles. The van der Waals surface area contributed by atoms with E-state index in [0.29, 0.717) is 26.2 Å². The molecule has 2 fully saturated rings. The third-order valence-corrected chi connectivity index (χ3v) is 5.96. The average molecular weight is 437 g/mol. The highest BCUT2D eigenvalue weighted by atomic mass is 16.6. The zero-order valence-electron chi connectivity index (χ0n) is 17.6. The van der Waals surface area contributed by atoms with Gasteiger partial charge in [0.1, 0.15) is 12.1 Å². The summed E-state index contributed by atoms with van der Waals surface area (Å²) in [4.78, 5) is 53.6. The fourth-order valence-corrected chi connectivity index (χ4v) is 4.05. The molecule has 0 aliphatic carbocycles. The van der Waals surface area contributed by atoms with E-state index in [4.69, 9.17) is 0 Å². The van der Waals surface area contributed by atoms with Crippen LogP contribution in [0.4, 0.5) is 16.2 Å². The highest BCUT2D eigenvalue weighted by Crippen LogP contribution is 2.31. The predicted molar refractivity (Wildman–Crippen MR) is 116 cm³/mol. The first kappa shape index (κ1) is 21.3. The number of benzene rings is 2. The molecule has 4 rings (SSSR count). The molecule has 10 heteroatoms. The topological polar surface area (TPSA) is 116 Å². The van der Waals surface area contributed by atoms with Crippen LogP contribution in [0, 0.1) is 10.1 Å². The van der Waals surface area contributed by atoms with Gasteiger partial charge in [0, 0.05) is 44.0 Å². The minimum atomic E-state index is -1.48. The van der Waals surface area contributed by atoms with Gasteiger partial charge in [0.15, 0.2) is 0 Å². The summed E-state index contributed by atoms with van der Waals surface area (Å²) in [5, 5.41) is 13.7. The quantitative estimate of drug-likeness (QED) is 0.433. The van der Waals surface area contributed by atoms with Crippen LogP contribution in [0.25, 0.3) is 0 Å². The van der Waals surface area contributed by atoms with Gasteiger partial charge in [-0.25, -0.2) is 4.79 Å². The molecule has 0 spiro atoms. The van der Waals surface area contributed by atoms with Gasteiger partial charge in [-0.2, -0.15) is 0 Å². The van der Waals surface area contributed by atoms with Crippen LogP contribution >= 0.6 is 0 Å². The van der Waals surface area contributed by atoms with Gasteiger partial charge in [-0.15, -0.1) is 0 Å². The van der Waals surface area contributed by atoms with E-state index in [1.807, 2.05) is 30.3 Å². The number of imide groups is 1. The number of hydrogen-bond acceptors (Lipinski definition) is 6. The number of hydrogen-bond donors (Lipinski definition) is 1. The second kappa shape index (κ2) is 8.29. The van der Waals surface area contributed by atoms with E-state index in [9.17, 15) is 24.5 Å². The number of carbonyl (C=O) groups excluding carboxylic acids is 3. The lowest BCUT2D eigenvalue weighted by molar-refractivity contribution is -0.385. The second-order valence-corrected chi connectivity index (χ2v) is 7.96. The molecule has 4 amide bonds. The van der Waals surface area contributed by atoms with E-state index in [1.54, 1.807) is 11.0 Å². The Kier molecular flexibility index (Phi) is 5.52. The van der Waals surface area contributed by atoms with Crippen molar-refractivity contribution in [2.45, 2.75) is 12.5 Å². The number of para-hydroxylation sites is 1. The van der Waals surface area contributed by atoms with Crippen molar-refractivity contribution >= 4 is 29.2 Å². The van der Waals surface area contributed by atoms with Crippen molar-refractivity contribution in [2.75, 3.05) is 37.6 Å². The van der Waals surface area contributed by atoms with E-state index >= 15 is 0 Å². The first-order valence-corrected chi connectivity index (χ1v) is 10.3. The van der Waals surface area contributed by atoms with Crippen molar-refractivity contribution < 1.29 is 19.3 Å². The van der Waals surface area contributed by atoms with Crippen molar-refractivity contribution in [1.29, 1.82) is 0 Å².